The van der Waals surface area contributed by atoms with Gasteiger partial charge < -0.3 is 14.5 Å². The summed E-state index contributed by atoms with van der Waals surface area (Å²) in [6.45, 7) is 0.0637. The maximum absolute atomic E-state index is 13.2. The number of nitrogens with zero attached hydrogens (tertiary/aromatic N) is 1. The number of ether oxygens (including phenoxy) is 1. The summed E-state index contributed by atoms with van der Waals surface area (Å²) in [7, 11) is 0. The molecule has 2 bridgehead atoms. The van der Waals surface area contributed by atoms with Crippen LogP contribution in [0.4, 0.5) is 5.69 Å². The number of halogens is 1. The predicted molar refractivity (Wildman–Crippen MR) is 98.7 cm³/mol. The minimum Gasteiger partial charge on any atom is -0.459 e. The highest BCUT2D eigenvalue weighted by molar-refractivity contribution is 6.31. The molecule has 0 spiro atoms. The van der Waals surface area contributed by atoms with Crippen LogP contribution < -0.4 is 10.2 Å². The molecule has 4 heterocycles. The monoisotopic (exact) mass is 398 g/mol. The summed E-state index contributed by atoms with van der Waals surface area (Å²) in [6.07, 6.45) is 4.48. The van der Waals surface area contributed by atoms with Crippen LogP contribution >= 0.6 is 11.6 Å². The Labute approximate surface area is 164 Å². The highest BCUT2D eigenvalue weighted by Crippen LogP contribution is 2.52. The van der Waals surface area contributed by atoms with Gasteiger partial charge in [-0.15, -0.1) is 0 Å². The Kier molecular flexibility index (Phi) is 3.72. The van der Waals surface area contributed by atoms with E-state index in [-0.39, 0.29) is 24.1 Å². The van der Waals surface area contributed by atoms with E-state index in [0.717, 1.165) is 0 Å². The lowest BCUT2D eigenvalue weighted by Crippen LogP contribution is -2.48. The fourth-order valence-corrected chi connectivity index (χ4v) is 4.39. The van der Waals surface area contributed by atoms with Crippen LogP contribution in [0.1, 0.15) is 10.6 Å². The Balaban J connectivity index is 1.42. The van der Waals surface area contributed by atoms with Crippen molar-refractivity contribution >= 4 is 35.0 Å². The zero-order valence-corrected chi connectivity index (χ0v) is 15.3. The van der Waals surface area contributed by atoms with Gasteiger partial charge >= 0.3 is 0 Å². The average Bonchev–Trinajstić information content (AvgIpc) is 3.45. The van der Waals surface area contributed by atoms with Gasteiger partial charge in [0, 0.05) is 5.02 Å². The molecule has 0 unspecified atom stereocenters. The zero-order valence-electron chi connectivity index (χ0n) is 14.5. The van der Waals surface area contributed by atoms with E-state index in [2.05, 4.69) is 5.32 Å². The van der Waals surface area contributed by atoms with E-state index < -0.39 is 29.4 Å². The van der Waals surface area contributed by atoms with Gasteiger partial charge in [-0.2, -0.15) is 0 Å². The zero-order chi connectivity index (χ0) is 19.5. The third-order valence-electron chi connectivity index (χ3n) is 5.51. The molecule has 142 valence electrons. The molecular formula is C20H15ClN2O5. The second-order valence-electron chi connectivity index (χ2n) is 7.05. The van der Waals surface area contributed by atoms with Gasteiger partial charge in [0.1, 0.15) is 5.60 Å². The van der Waals surface area contributed by atoms with Gasteiger partial charge in [-0.1, -0.05) is 23.8 Å². The highest BCUT2D eigenvalue weighted by Gasteiger charge is 2.67. The van der Waals surface area contributed by atoms with Gasteiger partial charge in [-0.05, 0) is 36.4 Å². The smallest absolute Gasteiger partial charge is 0.287 e. The van der Waals surface area contributed by atoms with Crippen molar-refractivity contribution in [2.75, 3.05) is 11.4 Å². The Morgan fingerprint density at radius 1 is 1.18 bits per heavy atom. The first-order chi connectivity index (χ1) is 13.5. The van der Waals surface area contributed by atoms with Gasteiger partial charge in [-0.3, -0.25) is 14.4 Å². The molecule has 2 aromatic rings. The molecule has 28 heavy (non-hydrogen) atoms. The third-order valence-corrected chi connectivity index (χ3v) is 5.76. The lowest BCUT2D eigenvalue weighted by molar-refractivity contribution is -0.126. The number of furan rings is 1. The number of amides is 3. The Morgan fingerprint density at radius 2 is 1.96 bits per heavy atom. The van der Waals surface area contributed by atoms with Gasteiger partial charge in [0.25, 0.3) is 5.91 Å². The fraction of sp³-hybridized carbons (Fsp3) is 0.250. The number of carbonyl (C=O) groups is 3. The molecule has 0 aliphatic carbocycles. The molecule has 3 aliphatic heterocycles. The van der Waals surface area contributed by atoms with Crippen LogP contribution in [0, 0.1) is 11.8 Å². The van der Waals surface area contributed by atoms with E-state index in [9.17, 15) is 14.4 Å². The first kappa shape index (κ1) is 17.2. The van der Waals surface area contributed by atoms with Crippen molar-refractivity contribution in [2.45, 2.75) is 11.7 Å². The largest absolute Gasteiger partial charge is 0.459 e. The molecule has 3 aliphatic rings. The minimum atomic E-state index is -1.05. The molecule has 7 nitrogen and oxygen atoms in total. The Hall–Kier alpha value is -2.90. The molecule has 3 amide bonds. The molecule has 2 fully saturated rings. The highest BCUT2D eigenvalue weighted by atomic mass is 35.5. The Morgan fingerprint density at radius 3 is 2.68 bits per heavy atom. The summed E-state index contributed by atoms with van der Waals surface area (Å²) in [5.41, 5.74) is -0.575. The number of hydrogen-bond donors (Lipinski definition) is 1. The summed E-state index contributed by atoms with van der Waals surface area (Å²) in [5, 5.41) is 3.27. The molecule has 4 atom stereocenters. The van der Waals surface area contributed by atoms with Crippen LogP contribution in [0.15, 0.2) is 59.2 Å². The predicted octanol–water partition coefficient (Wildman–Crippen LogP) is 2.18. The van der Waals surface area contributed by atoms with Gasteiger partial charge in [0.15, 0.2) is 5.76 Å². The van der Waals surface area contributed by atoms with E-state index >= 15 is 0 Å². The number of nitrogens with one attached hydrogen (secondary N) is 1. The molecule has 0 saturated carbocycles. The Bertz CT molecular complexity index is 1000. The second-order valence-corrected chi connectivity index (χ2v) is 7.48. The average molecular weight is 399 g/mol. The van der Waals surface area contributed by atoms with Crippen molar-refractivity contribution in [3.05, 3.63) is 65.6 Å². The summed E-state index contributed by atoms with van der Waals surface area (Å²) in [6, 6.07) is 9.71. The second kappa shape index (κ2) is 6.05. The quantitative estimate of drug-likeness (QED) is 0.630. The van der Waals surface area contributed by atoms with Crippen molar-refractivity contribution in [3.63, 3.8) is 0 Å². The van der Waals surface area contributed by atoms with Crippen LogP contribution in [-0.4, -0.2) is 36.0 Å². The first-order valence-corrected chi connectivity index (χ1v) is 9.20. The maximum atomic E-state index is 13.2. The van der Waals surface area contributed by atoms with Gasteiger partial charge in [0.05, 0.1) is 36.4 Å². The van der Waals surface area contributed by atoms with Crippen molar-refractivity contribution in [1.82, 2.24) is 5.32 Å². The minimum absolute atomic E-state index is 0.0637. The van der Waals surface area contributed by atoms with Crippen LogP contribution in [0.25, 0.3) is 0 Å². The number of imide groups is 1. The lowest BCUT2D eigenvalue weighted by atomic mass is 9.77. The number of rotatable bonds is 4. The summed E-state index contributed by atoms with van der Waals surface area (Å²) < 4.78 is 11.1. The van der Waals surface area contributed by atoms with Gasteiger partial charge in [0.2, 0.25) is 11.8 Å². The van der Waals surface area contributed by atoms with Crippen LogP contribution in [0.3, 0.4) is 0 Å². The summed E-state index contributed by atoms with van der Waals surface area (Å²) in [4.78, 5) is 39.6. The molecule has 1 N–H and O–H groups in total. The first-order valence-electron chi connectivity index (χ1n) is 8.82. The van der Waals surface area contributed by atoms with Crippen LogP contribution in [0.2, 0.25) is 5.02 Å². The number of benzene rings is 1. The molecular weight excluding hydrogens is 384 g/mol. The van der Waals surface area contributed by atoms with Crippen molar-refractivity contribution < 1.29 is 23.5 Å². The molecule has 8 heteroatoms. The molecule has 5 rings (SSSR count). The topological polar surface area (TPSA) is 88.9 Å². The van der Waals surface area contributed by atoms with Crippen LogP contribution in [0.5, 0.6) is 0 Å². The van der Waals surface area contributed by atoms with E-state index in [1.807, 2.05) is 0 Å². The third kappa shape index (κ3) is 2.36. The van der Waals surface area contributed by atoms with E-state index in [4.69, 9.17) is 20.8 Å². The maximum Gasteiger partial charge on any atom is 0.287 e. The molecule has 1 aromatic heterocycles. The number of carbonyl (C=O) groups excluding carboxylic acids is 3. The van der Waals surface area contributed by atoms with Gasteiger partial charge in [-0.25, -0.2) is 4.90 Å². The number of hydrogen-bond acceptors (Lipinski definition) is 5. The summed E-state index contributed by atoms with van der Waals surface area (Å²) >= 11 is 5.91. The van der Waals surface area contributed by atoms with E-state index in [1.165, 1.54) is 11.2 Å². The summed E-state index contributed by atoms with van der Waals surface area (Å²) in [5.74, 6) is -2.17. The SMILES string of the molecule is O=C(NC[C@]12C=C[C@@H](O1)[C@@H]1C(=O)N(c3ccc(Cl)cc3)C(=O)[C@@H]12)c1ccco1. The number of fused-ring (bicyclic) bond motifs is 5. The molecule has 2 saturated heterocycles. The van der Waals surface area contributed by atoms with Crippen molar-refractivity contribution in [1.29, 1.82) is 0 Å². The number of anilines is 1. The molecule has 1 aromatic carbocycles. The van der Waals surface area contributed by atoms with Crippen LogP contribution in [-0.2, 0) is 14.3 Å². The molecule has 0 radical (unpaired) electrons. The fourth-order valence-electron chi connectivity index (χ4n) is 4.26. The normalized spacial score (nSPS) is 30.2. The van der Waals surface area contributed by atoms with E-state index in [0.29, 0.717) is 10.7 Å². The lowest BCUT2D eigenvalue weighted by Gasteiger charge is -2.29. The van der Waals surface area contributed by atoms with Crippen molar-refractivity contribution in [3.8, 4) is 0 Å². The van der Waals surface area contributed by atoms with E-state index in [1.54, 1.807) is 48.6 Å². The standard InChI is InChI=1S/C20H15ClN2O5/c21-11-3-5-12(6-4-11)23-18(25)15-13-7-8-20(28-13,16(15)19(23)26)10-22-17(24)14-2-1-9-27-14/h1-9,13,15-16H,10H2,(H,22,24)/t13-,15+,16-,20+/m1/s1. The van der Waals surface area contributed by atoms with Crippen molar-refractivity contribution in [2.24, 2.45) is 11.8 Å².